The summed E-state index contributed by atoms with van der Waals surface area (Å²) >= 11 is 0. The lowest BCUT2D eigenvalue weighted by Gasteiger charge is -2.35. The summed E-state index contributed by atoms with van der Waals surface area (Å²) in [6.07, 6.45) is 5.23. The summed E-state index contributed by atoms with van der Waals surface area (Å²) in [5, 5.41) is 0. The molecule has 7 nitrogen and oxygen atoms in total. The van der Waals surface area contributed by atoms with E-state index in [9.17, 15) is 9.18 Å². The molecule has 8 heteroatoms. The van der Waals surface area contributed by atoms with Crippen molar-refractivity contribution in [3.8, 4) is 5.82 Å². The Labute approximate surface area is 156 Å². The number of hydrogen-bond acceptors (Lipinski definition) is 5. The molecule has 3 aromatic rings. The highest BCUT2D eigenvalue weighted by Crippen LogP contribution is 2.18. The molecule has 0 spiro atoms. The Balaban J connectivity index is 1.47. The molecule has 0 aliphatic carbocycles. The normalized spacial score (nSPS) is 14.4. The molecule has 1 aliphatic heterocycles. The number of piperazine rings is 1. The van der Waals surface area contributed by atoms with Crippen LogP contribution in [0.25, 0.3) is 5.82 Å². The minimum atomic E-state index is -0.400. The monoisotopic (exact) mass is 366 g/mol. The van der Waals surface area contributed by atoms with E-state index < -0.39 is 5.82 Å². The summed E-state index contributed by atoms with van der Waals surface area (Å²) in [6.45, 7) is 4.27. The Bertz CT molecular complexity index is 951. The lowest BCUT2D eigenvalue weighted by molar-refractivity contribution is 0.0746. The van der Waals surface area contributed by atoms with Crippen molar-refractivity contribution in [3.05, 3.63) is 66.3 Å². The van der Waals surface area contributed by atoms with Gasteiger partial charge in [0.1, 0.15) is 29.6 Å². The molecule has 1 aromatic carbocycles. The number of imidazole rings is 1. The predicted molar refractivity (Wildman–Crippen MR) is 98.4 cm³/mol. The third kappa shape index (κ3) is 3.64. The lowest BCUT2D eigenvalue weighted by Crippen LogP contribution is -2.49. The van der Waals surface area contributed by atoms with Gasteiger partial charge in [-0.2, -0.15) is 0 Å². The molecule has 2 aromatic heterocycles. The van der Waals surface area contributed by atoms with Gasteiger partial charge in [0, 0.05) is 50.2 Å². The van der Waals surface area contributed by atoms with Gasteiger partial charge in [-0.1, -0.05) is 6.07 Å². The van der Waals surface area contributed by atoms with E-state index in [1.165, 1.54) is 12.1 Å². The number of hydrogen-bond donors (Lipinski definition) is 0. The van der Waals surface area contributed by atoms with E-state index in [2.05, 4.69) is 19.9 Å². The molecule has 27 heavy (non-hydrogen) atoms. The Hall–Kier alpha value is -3.29. The van der Waals surface area contributed by atoms with Crippen molar-refractivity contribution in [2.24, 2.45) is 0 Å². The van der Waals surface area contributed by atoms with Gasteiger partial charge in [0.2, 0.25) is 0 Å². The summed E-state index contributed by atoms with van der Waals surface area (Å²) in [7, 11) is 0. The van der Waals surface area contributed by atoms with Crippen LogP contribution in [0.3, 0.4) is 0 Å². The third-order valence-corrected chi connectivity index (χ3v) is 4.54. The van der Waals surface area contributed by atoms with Crippen LogP contribution in [0.2, 0.25) is 0 Å². The summed E-state index contributed by atoms with van der Waals surface area (Å²) in [5.74, 6) is 1.71. The van der Waals surface area contributed by atoms with E-state index in [-0.39, 0.29) is 5.91 Å². The average Bonchev–Trinajstić information content (AvgIpc) is 3.22. The summed E-state index contributed by atoms with van der Waals surface area (Å²) in [4.78, 5) is 29.5. The van der Waals surface area contributed by atoms with Crippen LogP contribution in [0.5, 0.6) is 0 Å². The van der Waals surface area contributed by atoms with Gasteiger partial charge in [0.25, 0.3) is 5.91 Å². The van der Waals surface area contributed by atoms with Gasteiger partial charge in [-0.25, -0.2) is 19.3 Å². The van der Waals surface area contributed by atoms with Crippen LogP contribution in [0.4, 0.5) is 10.2 Å². The molecule has 0 saturated carbocycles. The fourth-order valence-corrected chi connectivity index (χ4v) is 3.17. The molecule has 0 N–H and O–H groups in total. The predicted octanol–water partition coefficient (Wildman–Crippen LogP) is 2.07. The number of halogens is 1. The Kier molecular flexibility index (Phi) is 4.53. The van der Waals surface area contributed by atoms with Crippen molar-refractivity contribution >= 4 is 11.7 Å². The molecule has 138 valence electrons. The Morgan fingerprint density at radius 2 is 1.85 bits per heavy atom. The number of amides is 1. The van der Waals surface area contributed by atoms with Crippen LogP contribution in [-0.2, 0) is 0 Å². The zero-order valence-electron chi connectivity index (χ0n) is 14.9. The highest BCUT2D eigenvalue weighted by atomic mass is 19.1. The molecule has 0 atom stereocenters. The summed E-state index contributed by atoms with van der Waals surface area (Å²) in [6, 6.07) is 7.73. The van der Waals surface area contributed by atoms with Crippen molar-refractivity contribution < 1.29 is 9.18 Å². The quantitative estimate of drug-likeness (QED) is 0.710. The largest absolute Gasteiger partial charge is 0.353 e. The van der Waals surface area contributed by atoms with Crippen molar-refractivity contribution in [3.63, 3.8) is 0 Å². The van der Waals surface area contributed by atoms with Crippen LogP contribution in [-0.4, -0.2) is 56.5 Å². The second-order valence-electron chi connectivity index (χ2n) is 6.39. The van der Waals surface area contributed by atoms with Gasteiger partial charge in [-0.05, 0) is 25.1 Å². The van der Waals surface area contributed by atoms with Crippen molar-refractivity contribution in [2.45, 2.75) is 6.92 Å². The summed E-state index contributed by atoms with van der Waals surface area (Å²) < 4.78 is 15.2. The minimum Gasteiger partial charge on any atom is -0.353 e. The number of carbonyl (C=O) groups excluding carboxylic acids is 1. The third-order valence-electron chi connectivity index (χ3n) is 4.54. The van der Waals surface area contributed by atoms with Gasteiger partial charge in [0.15, 0.2) is 0 Å². The standard InChI is InChI=1S/C19H19FN6O/c1-14-22-17(12-18(23-14)26-6-5-21-13-26)24-7-9-25(10-8-24)19(27)15-3-2-4-16(20)11-15/h2-6,11-13H,7-10H2,1H3. The maximum absolute atomic E-state index is 13.4. The SMILES string of the molecule is Cc1nc(N2CCN(C(=O)c3cccc(F)c3)CC2)cc(-n2ccnc2)n1. The molecule has 3 heterocycles. The molecular weight excluding hydrogens is 347 g/mol. The van der Waals surface area contributed by atoms with Gasteiger partial charge in [-0.3, -0.25) is 9.36 Å². The number of aromatic nitrogens is 4. The number of aryl methyl sites for hydroxylation is 1. The maximum atomic E-state index is 13.4. The number of nitrogens with zero attached hydrogens (tertiary/aromatic N) is 6. The number of carbonyl (C=O) groups is 1. The first kappa shape index (κ1) is 17.1. The first-order valence-electron chi connectivity index (χ1n) is 8.74. The number of rotatable bonds is 3. The van der Waals surface area contributed by atoms with Crippen molar-refractivity contribution in [2.75, 3.05) is 31.1 Å². The zero-order chi connectivity index (χ0) is 18.8. The molecule has 1 fully saturated rings. The highest BCUT2D eigenvalue weighted by Gasteiger charge is 2.23. The van der Waals surface area contributed by atoms with Gasteiger partial charge in [0.05, 0.1) is 0 Å². The molecular formula is C19H19FN6O. The van der Waals surface area contributed by atoms with E-state index in [0.29, 0.717) is 37.6 Å². The van der Waals surface area contributed by atoms with E-state index in [1.807, 2.05) is 23.8 Å². The Morgan fingerprint density at radius 1 is 1.07 bits per heavy atom. The molecule has 0 unspecified atom stereocenters. The van der Waals surface area contributed by atoms with Crippen LogP contribution in [0, 0.1) is 12.7 Å². The smallest absolute Gasteiger partial charge is 0.254 e. The number of benzene rings is 1. The number of anilines is 1. The average molecular weight is 366 g/mol. The van der Waals surface area contributed by atoms with E-state index in [0.717, 1.165) is 11.6 Å². The fraction of sp³-hybridized carbons (Fsp3) is 0.263. The van der Waals surface area contributed by atoms with Gasteiger partial charge >= 0.3 is 0 Å². The lowest BCUT2D eigenvalue weighted by atomic mass is 10.1. The molecule has 1 aliphatic rings. The van der Waals surface area contributed by atoms with Crippen LogP contribution < -0.4 is 4.90 Å². The molecule has 0 bridgehead atoms. The van der Waals surface area contributed by atoms with Crippen LogP contribution in [0.1, 0.15) is 16.2 Å². The van der Waals surface area contributed by atoms with Gasteiger partial charge in [-0.15, -0.1) is 0 Å². The maximum Gasteiger partial charge on any atom is 0.254 e. The second-order valence-corrected chi connectivity index (χ2v) is 6.39. The van der Waals surface area contributed by atoms with Crippen molar-refractivity contribution in [1.82, 2.24) is 24.4 Å². The second kappa shape index (κ2) is 7.14. The highest BCUT2D eigenvalue weighted by molar-refractivity contribution is 5.94. The van der Waals surface area contributed by atoms with Gasteiger partial charge < -0.3 is 9.80 Å². The summed E-state index contributed by atoms with van der Waals surface area (Å²) in [5.41, 5.74) is 0.378. The zero-order valence-corrected chi connectivity index (χ0v) is 14.9. The molecule has 1 saturated heterocycles. The Morgan fingerprint density at radius 3 is 2.56 bits per heavy atom. The fourth-order valence-electron chi connectivity index (χ4n) is 3.17. The van der Waals surface area contributed by atoms with Crippen LogP contribution in [0.15, 0.2) is 49.1 Å². The minimum absolute atomic E-state index is 0.146. The van der Waals surface area contributed by atoms with Crippen LogP contribution >= 0.6 is 0 Å². The molecule has 1 amide bonds. The van der Waals surface area contributed by atoms with Crippen molar-refractivity contribution in [1.29, 1.82) is 0 Å². The topological polar surface area (TPSA) is 67.2 Å². The van der Waals surface area contributed by atoms with E-state index in [4.69, 9.17) is 0 Å². The molecule has 0 radical (unpaired) electrons. The molecule has 4 rings (SSSR count). The van der Waals surface area contributed by atoms with E-state index in [1.54, 1.807) is 29.6 Å². The first-order chi connectivity index (χ1) is 13.1. The first-order valence-corrected chi connectivity index (χ1v) is 8.74. The van der Waals surface area contributed by atoms with E-state index >= 15 is 0 Å².